The van der Waals surface area contributed by atoms with E-state index in [-0.39, 0.29) is 23.9 Å². The third kappa shape index (κ3) is 8.33. The molecule has 1 amide bonds. The van der Waals surface area contributed by atoms with E-state index in [0.717, 1.165) is 16.3 Å². The van der Waals surface area contributed by atoms with Crippen LogP contribution in [-0.4, -0.2) is 57.2 Å². The van der Waals surface area contributed by atoms with Gasteiger partial charge < -0.3 is 14.6 Å². The van der Waals surface area contributed by atoms with Crippen molar-refractivity contribution in [3.8, 4) is 22.8 Å². The summed E-state index contributed by atoms with van der Waals surface area (Å²) in [5.74, 6) is 1.52. The van der Waals surface area contributed by atoms with Crippen LogP contribution in [0.1, 0.15) is 6.42 Å². The minimum absolute atomic E-state index is 0.0847. The molecule has 0 bridgehead atoms. The third-order valence-electron chi connectivity index (χ3n) is 5.52. The molecule has 0 aliphatic rings. The van der Waals surface area contributed by atoms with E-state index in [9.17, 15) is 13.2 Å². The number of hydrogen-bond donors (Lipinski definition) is 2. The Hall–Kier alpha value is -3.32. The second-order valence-electron chi connectivity index (χ2n) is 8.57. The molecule has 2 N–H and O–H groups in total. The first-order valence-corrected chi connectivity index (χ1v) is 15.9. The van der Waals surface area contributed by atoms with Crippen molar-refractivity contribution in [1.29, 1.82) is 0 Å². The molecule has 0 radical (unpaired) electrons. The molecule has 0 spiro atoms. The molecule has 12 heteroatoms. The van der Waals surface area contributed by atoms with Gasteiger partial charge in [0, 0.05) is 62.4 Å². The van der Waals surface area contributed by atoms with Gasteiger partial charge in [0.15, 0.2) is 5.76 Å². The van der Waals surface area contributed by atoms with Gasteiger partial charge in [0.05, 0.1) is 11.1 Å². The Morgan fingerprint density at radius 3 is 2.38 bits per heavy atom. The maximum Gasteiger partial charge on any atom is 0.240 e. The molecule has 4 aromatic rings. The van der Waals surface area contributed by atoms with E-state index in [2.05, 4.69) is 20.0 Å². The van der Waals surface area contributed by atoms with Gasteiger partial charge in [-0.25, -0.2) is 23.1 Å². The van der Waals surface area contributed by atoms with E-state index in [0.29, 0.717) is 29.4 Å². The van der Waals surface area contributed by atoms with Crippen LogP contribution >= 0.6 is 21.6 Å². The summed E-state index contributed by atoms with van der Waals surface area (Å²) in [6.45, 7) is 0.282. The first-order chi connectivity index (χ1) is 18.8. The van der Waals surface area contributed by atoms with Crippen molar-refractivity contribution in [2.24, 2.45) is 0 Å². The van der Waals surface area contributed by atoms with Crippen LogP contribution in [0, 0.1) is 0 Å². The number of carbonyl (C=O) groups is 1. The fraction of sp³-hybridized carbons (Fsp3) is 0.222. The number of pyridine rings is 1. The smallest absolute Gasteiger partial charge is 0.240 e. The van der Waals surface area contributed by atoms with Crippen molar-refractivity contribution in [2.75, 3.05) is 37.8 Å². The van der Waals surface area contributed by atoms with Gasteiger partial charge in [-0.15, -0.1) is 0 Å². The van der Waals surface area contributed by atoms with Gasteiger partial charge in [-0.3, -0.25) is 4.79 Å². The molecule has 0 aliphatic carbocycles. The number of aromatic nitrogens is 2. The number of amides is 1. The molecule has 0 saturated carbocycles. The second kappa shape index (κ2) is 13.7. The van der Waals surface area contributed by atoms with Gasteiger partial charge in [-0.05, 0) is 71.5 Å². The molecule has 2 aromatic carbocycles. The van der Waals surface area contributed by atoms with E-state index < -0.39 is 10.0 Å². The predicted molar refractivity (Wildman–Crippen MR) is 157 cm³/mol. The lowest BCUT2D eigenvalue weighted by molar-refractivity contribution is -0.120. The summed E-state index contributed by atoms with van der Waals surface area (Å²) in [5.41, 5.74) is 2.64. The summed E-state index contributed by atoms with van der Waals surface area (Å²) in [6, 6.07) is 19.9. The topological polar surface area (TPSA) is 117 Å². The van der Waals surface area contributed by atoms with Crippen LogP contribution in [0.15, 0.2) is 93.5 Å². The van der Waals surface area contributed by atoms with E-state index in [1.807, 2.05) is 61.5 Å². The average molecular weight is 584 g/mol. The Labute approximate surface area is 236 Å². The molecule has 39 heavy (non-hydrogen) atoms. The number of benzene rings is 2. The van der Waals surface area contributed by atoms with Crippen LogP contribution in [0.4, 0.5) is 5.69 Å². The van der Waals surface area contributed by atoms with Crippen LogP contribution in [0.5, 0.6) is 0 Å². The lowest BCUT2D eigenvalue weighted by atomic mass is 10.1. The number of carbonyl (C=O) groups excluding carboxylic acids is 1. The lowest BCUT2D eigenvalue weighted by Gasteiger charge is -2.11. The van der Waals surface area contributed by atoms with Crippen LogP contribution in [-0.2, 0) is 14.8 Å². The van der Waals surface area contributed by atoms with Gasteiger partial charge in [0.2, 0.25) is 21.8 Å². The van der Waals surface area contributed by atoms with Crippen molar-refractivity contribution < 1.29 is 17.6 Å². The number of nitrogens with zero attached hydrogens (tertiary/aromatic N) is 3. The number of hydrogen-bond acceptors (Lipinski definition) is 9. The van der Waals surface area contributed by atoms with Crippen LogP contribution < -0.4 is 14.9 Å². The quantitative estimate of drug-likeness (QED) is 0.171. The zero-order chi connectivity index (χ0) is 27.7. The first-order valence-electron chi connectivity index (χ1n) is 12.1. The summed E-state index contributed by atoms with van der Waals surface area (Å²) >= 11 is 0. The molecule has 9 nitrogen and oxygen atoms in total. The van der Waals surface area contributed by atoms with Gasteiger partial charge in [0.25, 0.3) is 0 Å². The van der Waals surface area contributed by atoms with Crippen LogP contribution in [0.3, 0.4) is 0 Å². The number of oxazole rings is 1. The molecule has 2 heterocycles. The highest BCUT2D eigenvalue weighted by molar-refractivity contribution is 8.76. The van der Waals surface area contributed by atoms with E-state index in [4.69, 9.17) is 4.42 Å². The van der Waals surface area contributed by atoms with Crippen molar-refractivity contribution >= 4 is 43.2 Å². The second-order valence-corrected chi connectivity index (χ2v) is 12.8. The standard InChI is InChI=1S/C27H29N5O4S3/c1-32(2)22-10-6-20(7-11-22)24-19-30-27(36-24)21-8-12-23(13-9-21)39(34,35)31-17-16-28-25(33)14-18-37-38-26-5-3-4-15-29-26/h3-13,15,19,31H,14,16-18H2,1-2H3,(H,28,33). The molecular weight excluding hydrogens is 555 g/mol. The molecule has 0 unspecified atom stereocenters. The van der Waals surface area contributed by atoms with Gasteiger partial charge in [0.1, 0.15) is 5.03 Å². The van der Waals surface area contributed by atoms with E-state index in [1.54, 1.807) is 35.3 Å². The highest BCUT2D eigenvalue weighted by Crippen LogP contribution is 2.29. The molecule has 0 atom stereocenters. The predicted octanol–water partition coefficient (Wildman–Crippen LogP) is 4.69. The Morgan fingerprint density at radius 2 is 1.69 bits per heavy atom. The molecule has 4 rings (SSSR count). The minimum Gasteiger partial charge on any atom is -0.436 e. The maximum atomic E-state index is 12.7. The minimum atomic E-state index is -3.73. The summed E-state index contributed by atoms with van der Waals surface area (Å²) in [6.07, 6.45) is 3.71. The zero-order valence-electron chi connectivity index (χ0n) is 21.5. The molecule has 0 fully saturated rings. The Bertz CT molecular complexity index is 1460. The first kappa shape index (κ1) is 28.7. The summed E-state index contributed by atoms with van der Waals surface area (Å²) in [4.78, 5) is 22.7. The highest BCUT2D eigenvalue weighted by atomic mass is 33.1. The fourth-order valence-electron chi connectivity index (χ4n) is 3.43. The highest BCUT2D eigenvalue weighted by Gasteiger charge is 2.15. The SMILES string of the molecule is CN(C)c1ccc(-c2cnc(-c3ccc(S(=O)(=O)NCCNC(=O)CCSSc4ccccn4)cc3)o2)cc1. The number of sulfonamides is 1. The third-order valence-corrected chi connectivity index (χ3v) is 9.26. The van der Waals surface area contributed by atoms with Gasteiger partial charge in [-0.1, -0.05) is 16.9 Å². The van der Waals surface area contributed by atoms with E-state index >= 15 is 0 Å². The lowest BCUT2D eigenvalue weighted by Crippen LogP contribution is -2.34. The molecule has 0 aliphatic heterocycles. The monoisotopic (exact) mass is 583 g/mol. The summed E-state index contributed by atoms with van der Waals surface area (Å²) < 4.78 is 33.7. The Balaban J connectivity index is 1.22. The summed E-state index contributed by atoms with van der Waals surface area (Å²) in [7, 11) is 3.29. The average Bonchev–Trinajstić information content (AvgIpc) is 3.45. The molecule has 2 aromatic heterocycles. The van der Waals surface area contributed by atoms with Crippen molar-refractivity contribution in [3.05, 3.63) is 79.1 Å². The van der Waals surface area contributed by atoms with E-state index in [1.165, 1.54) is 22.9 Å². The van der Waals surface area contributed by atoms with Crippen LogP contribution in [0.25, 0.3) is 22.8 Å². The fourth-order valence-corrected chi connectivity index (χ4v) is 6.33. The normalized spacial score (nSPS) is 11.3. The molecule has 204 valence electrons. The van der Waals surface area contributed by atoms with Crippen LogP contribution in [0.2, 0.25) is 0 Å². The number of anilines is 1. The molecule has 0 saturated heterocycles. The van der Waals surface area contributed by atoms with Gasteiger partial charge >= 0.3 is 0 Å². The Kier molecular flexibility index (Phi) is 10.0. The Morgan fingerprint density at radius 1 is 0.949 bits per heavy atom. The maximum absolute atomic E-state index is 12.7. The molecular formula is C27H29N5O4S3. The van der Waals surface area contributed by atoms with Crippen molar-refractivity contribution in [3.63, 3.8) is 0 Å². The largest absolute Gasteiger partial charge is 0.436 e. The zero-order valence-corrected chi connectivity index (χ0v) is 24.0. The number of rotatable bonds is 13. The van der Waals surface area contributed by atoms with Crippen molar-refractivity contribution in [1.82, 2.24) is 20.0 Å². The van der Waals surface area contributed by atoms with Gasteiger partial charge in [-0.2, -0.15) is 0 Å². The van der Waals surface area contributed by atoms with Crippen molar-refractivity contribution in [2.45, 2.75) is 16.3 Å². The number of nitrogens with one attached hydrogen (secondary N) is 2. The summed E-state index contributed by atoms with van der Waals surface area (Å²) in [5, 5.41) is 3.62.